The topological polar surface area (TPSA) is 52.1 Å². The Labute approximate surface area is 207 Å². The molecule has 0 bridgehead atoms. The molecule has 0 saturated heterocycles. The van der Waals surface area contributed by atoms with Crippen molar-refractivity contribution < 1.29 is 9.53 Å². The van der Waals surface area contributed by atoms with E-state index in [0.29, 0.717) is 5.02 Å². The SMILES string of the molecule is CC1CCC(OC(=O)Cc2ccc(-c3cncc(-c4ccnc(C(C)(C)C)c4)c3)c(Cl)c2)CC1. The van der Waals surface area contributed by atoms with Crippen LogP contribution in [0, 0.1) is 5.92 Å². The molecule has 0 aliphatic heterocycles. The van der Waals surface area contributed by atoms with Crippen molar-refractivity contribution in [2.75, 3.05) is 0 Å². The molecule has 3 aromatic rings. The molecular formula is C29H33ClN2O2. The number of nitrogens with zero attached hydrogens (tertiary/aromatic N) is 2. The highest BCUT2D eigenvalue weighted by Gasteiger charge is 2.22. The highest BCUT2D eigenvalue weighted by Crippen LogP contribution is 2.32. The van der Waals surface area contributed by atoms with E-state index in [9.17, 15) is 4.79 Å². The van der Waals surface area contributed by atoms with Crippen molar-refractivity contribution in [3.63, 3.8) is 0 Å². The van der Waals surface area contributed by atoms with Crippen LogP contribution in [0.5, 0.6) is 0 Å². The molecule has 0 radical (unpaired) electrons. The molecule has 178 valence electrons. The van der Waals surface area contributed by atoms with E-state index in [1.165, 1.54) is 0 Å². The molecule has 4 nitrogen and oxygen atoms in total. The van der Waals surface area contributed by atoms with Gasteiger partial charge in [-0.25, -0.2) is 0 Å². The Hall–Kier alpha value is -2.72. The first-order valence-corrected chi connectivity index (χ1v) is 12.5. The van der Waals surface area contributed by atoms with Gasteiger partial charge in [0, 0.05) is 51.4 Å². The van der Waals surface area contributed by atoms with Crippen molar-refractivity contribution in [1.29, 1.82) is 0 Å². The van der Waals surface area contributed by atoms with E-state index in [2.05, 4.69) is 49.8 Å². The first-order chi connectivity index (χ1) is 16.2. The third-order valence-corrected chi connectivity index (χ3v) is 6.87. The van der Waals surface area contributed by atoms with E-state index in [4.69, 9.17) is 16.3 Å². The van der Waals surface area contributed by atoms with Crippen LogP contribution in [0.1, 0.15) is 64.6 Å². The predicted octanol–water partition coefficient (Wildman–Crippen LogP) is 7.43. The minimum atomic E-state index is -0.181. The van der Waals surface area contributed by atoms with Crippen LogP contribution < -0.4 is 0 Å². The smallest absolute Gasteiger partial charge is 0.310 e. The molecule has 0 N–H and O–H groups in total. The van der Waals surface area contributed by atoms with Gasteiger partial charge < -0.3 is 4.74 Å². The maximum Gasteiger partial charge on any atom is 0.310 e. The molecule has 2 aromatic heterocycles. The molecule has 0 spiro atoms. The molecule has 2 heterocycles. The second-order valence-electron chi connectivity index (χ2n) is 10.5. The van der Waals surface area contributed by atoms with Gasteiger partial charge in [0.2, 0.25) is 0 Å². The number of rotatable bonds is 5. The maximum atomic E-state index is 12.4. The summed E-state index contributed by atoms with van der Waals surface area (Å²) in [5, 5.41) is 0.598. The quantitative estimate of drug-likeness (QED) is 0.359. The van der Waals surface area contributed by atoms with E-state index in [-0.39, 0.29) is 23.9 Å². The van der Waals surface area contributed by atoms with Gasteiger partial charge in [-0.15, -0.1) is 0 Å². The first-order valence-electron chi connectivity index (χ1n) is 12.1. The van der Waals surface area contributed by atoms with Crippen LogP contribution in [0.3, 0.4) is 0 Å². The van der Waals surface area contributed by atoms with Gasteiger partial charge in [0.15, 0.2) is 0 Å². The van der Waals surface area contributed by atoms with Gasteiger partial charge in [-0.2, -0.15) is 0 Å². The average Bonchev–Trinajstić information content (AvgIpc) is 2.80. The lowest BCUT2D eigenvalue weighted by molar-refractivity contribution is -0.150. The maximum absolute atomic E-state index is 12.4. The highest BCUT2D eigenvalue weighted by atomic mass is 35.5. The number of hydrogen-bond donors (Lipinski definition) is 0. The van der Waals surface area contributed by atoms with E-state index in [1.807, 2.05) is 42.9 Å². The van der Waals surface area contributed by atoms with E-state index in [1.54, 1.807) is 0 Å². The van der Waals surface area contributed by atoms with Crippen molar-refractivity contribution >= 4 is 17.6 Å². The summed E-state index contributed by atoms with van der Waals surface area (Å²) in [5.41, 5.74) is 5.76. The lowest BCUT2D eigenvalue weighted by Crippen LogP contribution is -2.24. The molecule has 1 aliphatic carbocycles. The number of benzene rings is 1. The first kappa shape index (κ1) is 24.4. The Morgan fingerprint density at radius 2 is 1.74 bits per heavy atom. The third kappa shape index (κ3) is 6.04. The van der Waals surface area contributed by atoms with Crippen molar-refractivity contribution in [1.82, 2.24) is 9.97 Å². The molecule has 0 unspecified atom stereocenters. The summed E-state index contributed by atoms with van der Waals surface area (Å²) in [6, 6.07) is 12.0. The number of carbonyl (C=O) groups is 1. The second kappa shape index (κ2) is 10.3. The molecule has 1 aliphatic rings. The van der Waals surface area contributed by atoms with Gasteiger partial charge in [-0.3, -0.25) is 14.8 Å². The van der Waals surface area contributed by atoms with Crippen LogP contribution in [0.2, 0.25) is 5.02 Å². The zero-order valence-electron chi connectivity index (χ0n) is 20.5. The number of hydrogen-bond acceptors (Lipinski definition) is 4. The fourth-order valence-electron chi connectivity index (χ4n) is 4.41. The van der Waals surface area contributed by atoms with Crippen molar-refractivity contribution in [3.8, 4) is 22.3 Å². The Morgan fingerprint density at radius 3 is 2.44 bits per heavy atom. The molecule has 1 aromatic carbocycles. The standard InChI is InChI=1S/C29H33ClN2O2/c1-19-5-8-24(9-6-19)34-28(33)14-20-7-10-25(26(30)13-20)23-15-22(17-31-18-23)21-11-12-32-27(16-21)29(2,3)4/h7,10-13,15-19,24H,5-6,8-9,14H2,1-4H3. The summed E-state index contributed by atoms with van der Waals surface area (Å²) >= 11 is 6.65. The predicted molar refractivity (Wildman–Crippen MR) is 138 cm³/mol. The fourth-order valence-corrected chi connectivity index (χ4v) is 4.72. The zero-order chi connectivity index (χ0) is 24.3. The number of pyridine rings is 2. The summed E-state index contributed by atoms with van der Waals surface area (Å²) < 4.78 is 5.70. The Morgan fingerprint density at radius 1 is 1.00 bits per heavy atom. The van der Waals surface area contributed by atoms with Gasteiger partial charge in [0.05, 0.1) is 6.42 Å². The van der Waals surface area contributed by atoms with Crippen LogP contribution in [0.15, 0.2) is 55.0 Å². The molecular weight excluding hydrogens is 444 g/mol. The van der Waals surface area contributed by atoms with Gasteiger partial charge in [-0.1, -0.05) is 51.4 Å². The van der Waals surface area contributed by atoms with Gasteiger partial charge in [0.25, 0.3) is 0 Å². The summed E-state index contributed by atoms with van der Waals surface area (Å²) in [4.78, 5) is 21.4. The van der Waals surface area contributed by atoms with Crippen LogP contribution in [0.25, 0.3) is 22.3 Å². The second-order valence-corrected chi connectivity index (χ2v) is 10.9. The summed E-state index contributed by atoms with van der Waals surface area (Å²) in [6.07, 6.45) is 9.98. The molecule has 0 atom stereocenters. The molecule has 5 heteroatoms. The molecule has 0 amide bonds. The van der Waals surface area contributed by atoms with E-state index < -0.39 is 0 Å². The minimum absolute atomic E-state index is 0.0310. The minimum Gasteiger partial charge on any atom is -0.462 e. The molecule has 1 fully saturated rings. The van der Waals surface area contributed by atoms with Crippen molar-refractivity contribution in [2.45, 2.75) is 71.3 Å². The number of halogens is 1. The summed E-state index contributed by atoms with van der Waals surface area (Å²) in [7, 11) is 0. The van der Waals surface area contributed by atoms with Crippen LogP contribution in [-0.2, 0) is 21.4 Å². The van der Waals surface area contributed by atoms with Crippen molar-refractivity contribution in [2.24, 2.45) is 5.92 Å². The summed E-state index contributed by atoms with van der Waals surface area (Å²) in [5.74, 6) is 0.549. The normalized spacial score (nSPS) is 18.5. The van der Waals surface area contributed by atoms with Gasteiger partial charge >= 0.3 is 5.97 Å². The number of carbonyl (C=O) groups excluding carboxylic acids is 1. The lowest BCUT2D eigenvalue weighted by Gasteiger charge is -2.26. The van der Waals surface area contributed by atoms with E-state index in [0.717, 1.165) is 65.1 Å². The number of aromatic nitrogens is 2. The number of ether oxygens (including phenoxy) is 1. The summed E-state index contributed by atoms with van der Waals surface area (Å²) in [6.45, 7) is 8.72. The zero-order valence-corrected chi connectivity index (χ0v) is 21.2. The largest absolute Gasteiger partial charge is 0.462 e. The molecule has 1 saturated carbocycles. The fraction of sp³-hybridized carbons (Fsp3) is 0.414. The highest BCUT2D eigenvalue weighted by molar-refractivity contribution is 6.33. The Balaban J connectivity index is 1.49. The van der Waals surface area contributed by atoms with Gasteiger partial charge in [0.1, 0.15) is 6.10 Å². The van der Waals surface area contributed by atoms with E-state index >= 15 is 0 Å². The van der Waals surface area contributed by atoms with Crippen molar-refractivity contribution in [3.05, 3.63) is 71.3 Å². The van der Waals surface area contributed by atoms with Gasteiger partial charge in [-0.05, 0) is 67.0 Å². The third-order valence-electron chi connectivity index (χ3n) is 6.55. The van der Waals surface area contributed by atoms with Crippen LogP contribution in [0.4, 0.5) is 0 Å². The molecule has 34 heavy (non-hydrogen) atoms. The van der Waals surface area contributed by atoms with Crippen LogP contribution >= 0.6 is 11.6 Å². The van der Waals surface area contributed by atoms with Crippen LogP contribution in [-0.4, -0.2) is 22.0 Å². The Kier molecular flexibility index (Phi) is 7.37. The number of esters is 1. The Bertz CT molecular complexity index is 1160. The lowest BCUT2D eigenvalue weighted by atomic mass is 9.89. The monoisotopic (exact) mass is 476 g/mol. The molecule has 4 rings (SSSR count). The average molecular weight is 477 g/mol.